The highest BCUT2D eigenvalue weighted by molar-refractivity contribution is 5.78. The van der Waals surface area contributed by atoms with Gasteiger partial charge in [-0.05, 0) is 20.3 Å². The number of rotatable bonds is 9. The molecule has 0 N–H and O–H groups in total. The van der Waals surface area contributed by atoms with Gasteiger partial charge in [-0.2, -0.15) is 0 Å². The van der Waals surface area contributed by atoms with Gasteiger partial charge in [-0.15, -0.1) is 0 Å². The first-order valence-electron chi connectivity index (χ1n) is 10.1. The third-order valence-electron chi connectivity index (χ3n) is 5.42. The maximum absolute atomic E-state index is 12.5. The first-order chi connectivity index (χ1) is 12.1. The zero-order valence-electron chi connectivity index (χ0n) is 16.6. The van der Waals surface area contributed by atoms with E-state index in [1.54, 1.807) is 0 Å². The maximum atomic E-state index is 12.5. The fourth-order valence-electron chi connectivity index (χ4n) is 3.49. The topological polar surface area (TPSA) is 39.3 Å². The number of carbonyl (C=O) groups excluding carboxylic acids is 1. The van der Waals surface area contributed by atoms with Crippen LogP contribution in [0.4, 0.5) is 0 Å². The predicted molar refractivity (Wildman–Crippen MR) is 102 cm³/mol. The molecule has 0 radical (unpaired) electrons. The SMILES string of the molecule is CCCCOCCN1CCN(CC(=O)N2CCN(C(C)C)CC2)CC1. The molecule has 2 aliphatic rings. The third kappa shape index (κ3) is 7.21. The summed E-state index contributed by atoms with van der Waals surface area (Å²) in [6, 6.07) is 0.580. The van der Waals surface area contributed by atoms with Gasteiger partial charge in [-0.3, -0.25) is 19.5 Å². The molecule has 25 heavy (non-hydrogen) atoms. The van der Waals surface area contributed by atoms with Crippen LogP contribution in [0.15, 0.2) is 0 Å². The Kier molecular flexibility index (Phi) is 9.17. The largest absolute Gasteiger partial charge is 0.380 e. The summed E-state index contributed by atoms with van der Waals surface area (Å²) in [6.07, 6.45) is 2.35. The number of hydrogen-bond acceptors (Lipinski definition) is 5. The van der Waals surface area contributed by atoms with Crippen molar-refractivity contribution in [1.29, 1.82) is 0 Å². The Labute approximate surface area is 154 Å². The summed E-state index contributed by atoms with van der Waals surface area (Å²) in [5, 5.41) is 0. The molecule has 0 bridgehead atoms. The molecule has 146 valence electrons. The summed E-state index contributed by atoms with van der Waals surface area (Å²) < 4.78 is 5.65. The minimum absolute atomic E-state index is 0.305. The molecule has 0 aromatic heterocycles. The molecule has 6 nitrogen and oxygen atoms in total. The second-order valence-corrected chi connectivity index (χ2v) is 7.59. The number of unbranched alkanes of at least 4 members (excludes halogenated alkanes) is 1. The standard InChI is InChI=1S/C19H38N4O2/c1-4-5-15-25-16-14-20-6-8-21(9-7-20)17-19(24)23-12-10-22(11-13-23)18(2)3/h18H,4-17H2,1-3H3. The quantitative estimate of drug-likeness (QED) is 0.577. The lowest BCUT2D eigenvalue weighted by molar-refractivity contribution is -0.134. The van der Waals surface area contributed by atoms with E-state index in [0.717, 1.165) is 78.5 Å². The van der Waals surface area contributed by atoms with Crippen LogP contribution in [-0.4, -0.2) is 110 Å². The smallest absolute Gasteiger partial charge is 0.236 e. The van der Waals surface area contributed by atoms with E-state index in [-0.39, 0.29) is 0 Å². The molecule has 2 rings (SSSR count). The van der Waals surface area contributed by atoms with Crippen LogP contribution in [0.5, 0.6) is 0 Å². The van der Waals surface area contributed by atoms with Gasteiger partial charge < -0.3 is 9.64 Å². The number of nitrogens with zero attached hydrogens (tertiary/aromatic N) is 4. The summed E-state index contributed by atoms with van der Waals surface area (Å²) in [4.78, 5) is 21.8. The first kappa shape index (κ1) is 20.6. The molecule has 6 heteroatoms. The highest BCUT2D eigenvalue weighted by Gasteiger charge is 2.25. The lowest BCUT2D eigenvalue weighted by Crippen LogP contribution is -2.54. The molecular formula is C19H38N4O2. The van der Waals surface area contributed by atoms with Crippen molar-refractivity contribution in [2.24, 2.45) is 0 Å². The molecule has 0 unspecified atom stereocenters. The molecule has 0 spiro atoms. The Morgan fingerprint density at radius 2 is 1.56 bits per heavy atom. The highest BCUT2D eigenvalue weighted by atomic mass is 16.5. The van der Waals surface area contributed by atoms with Gasteiger partial charge in [0.15, 0.2) is 0 Å². The molecule has 0 aromatic rings. The summed E-state index contributed by atoms with van der Waals surface area (Å²) in [6.45, 7) is 17.8. The van der Waals surface area contributed by atoms with Crippen LogP contribution in [0.2, 0.25) is 0 Å². The van der Waals surface area contributed by atoms with Crippen molar-refractivity contribution in [3.8, 4) is 0 Å². The van der Waals surface area contributed by atoms with Gasteiger partial charge in [-0.25, -0.2) is 0 Å². The zero-order valence-corrected chi connectivity index (χ0v) is 16.6. The Balaban J connectivity index is 1.58. The Morgan fingerprint density at radius 3 is 2.16 bits per heavy atom. The molecule has 0 aromatic carbocycles. The van der Waals surface area contributed by atoms with E-state index in [0.29, 0.717) is 18.5 Å². The monoisotopic (exact) mass is 354 g/mol. The molecule has 2 aliphatic heterocycles. The van der Waals surface area contributed by atoms with Crippen LogP contribution in [0.3, 0.4) is 0 Å². The summed E-state index contributed by atoms with van der Waals surface area (Å²) in [5.74, 6) is 0.305. The fraction of sp³-hybridized carbons (Fsp3) is 0.947. The van der Waals surface area contributed by atoms with E-state index in [9.17, 15) is 4.79 Å². The van der Waals surface area contributed by atoms with Crippen LogP contribution in [0.25, 0.3) is 0 Å². The summed E-state index contributed by atoms with van der Waals surface area (Å²) >= 11 is 0. The van der Waals surface area contributed by atoms with Crippen molar-refractivity contribution in [1.82, 2.24) is 19.6 Å². The van der Waals surface area contributed by atoms with Gasteiger partial charge in [0.1, 0.15) is 0 Å². The minimum Gasteiger partial charge on any atom is -0.380 e. The minimum atomic E-state index is 0.305. The Hall–Kier alpha value is -0.690. The summed E-state index contributed by atoms with van der Waals surface area (Å²) in [7, 11) is 0. The molecule has 1 amide bonds. The molecule has 2 heterocycles. The van der Waals surface area contributed by atoms with Crippen LogP contribution in [0, 0.1) is 0 Å². The van der Waals surface area contributed by atoms with Crippen molar-refractivity contribution in [3.05, 3.63) is 0 Å². The molecule has 2 saturated heterocycles. The first-order valence-corrected chi connectivity index (χ1v) is 10.1. The van der Waals surface area contributed by atoms with Gasteiger partial charge in [0.05, 0.1) is 13.2 Å². The molecule has 0 aliphatic carbocycles. The average molecular weight is 355 g/mol. The second-order valence-electron chi connectivity index (χ2n) is 7.59. The number of hydrogen-bond donors (Lipinski definition) is 0. The van der Waals surface area contributed by atoms with Gasteiger partial charge in [0.25, 0.3) is 0 Å². The second kappa shape index (κ2) is 11.1. The Morgan fingerprint density at radius 1 is 0.920 bits per heavy atom. The van der Waals surface area contributed by atoms with E-state index in [1.807, 2.05) is 4.90 Å². The van der Waals surface area contributed by atoms with Gasteiger partial charge in [0, 0.05) is 71.6 Å². The van der Waals surface area contributed by atoms with Gasteiger partial charge in [0.2, 0.25) is 5.91 Å². The highest BCUT2D eigenvalue weighted by Crippen LogP contribution is 2.08. The van der Waals surface area contributed by atoms with E-state index in [1.165, 1.54) is 6.42 Å². The average Bonchev–Trinajstić information content (AvgIpc) is 2.63. The number of piperazine rings is 2. The molecule has 0 saturated carbocycles. The van der Waals surface area contributed by atoms with Crippen molar-refractivity contribution in [2.45, 2.75) is 39.7 Å². The number of ether oxygens (including phenoxy) is 1. The lowest BCUT2D eigenvalue weighted by atomic mass is 10.2. The van der Waals surface area contributed by atoms with Crippen molar-refractivity contribution in [3.63, 3.8) is 0 Å². The van der Waals surface area contributed by atoms with Gasteiger partial charge in [-0.1, -0.05) is 13.3 Å². The van der Waals surface area contributed by atoms with Crippen molar-refractivity contribution < 1.29 is 9.53 Å². The van der Waals surface area contributed by atoms with Gasteiger partial charge >= 0.3 is 0 Å². The maximum Gasteiger partial charge on any atom is 0.236 e. The normalized spacial score (nSPS) is 21.2. The van der Waals surface area contributed by atoms with Crippen LogP contribution in [0.1, 0.15) is 33.6 Å². The molecular weight excluding hydrogens is 316 g/mol. The Bertz CT molecular complexity index is 376. The lowest BCUT2D eigenvalue weighted by Gasteiger charge is -2.39. The van der Waals surface area contributed by atoms with Crippen LogP contribution < -0.4 is 0 Å². The zero-order chi connectivity index (χ0) is 18.1. The number of carbonyl (C=O) groups is 1. The van der Waals surface area contributed by atoms with Crippen LogP contribution in [-0.2, 0) is 9.53 Å². The molecule has 0 atom stereocenters. The van der Waals surface area contributed by atoms with Crippen LogP contribution >= 0.6 is 0 Å². The molecule has 2 fully saturated rings. The van der Waals surface area contributed by atoms with E-state index >= 15 is 0 Å². The fourth-order valence-corrected chi connectivity index (χ4v) is 3.49. The van der Waals surface area contributed by atoms with Crippen molar-refractivity contribution in [2.75, 3.05) is 78.7 Å². The predicted octanol–water partition coefficient (Wildman–Crippen LogP) is 0.973. The van der Waals surface area contributed by atoms with Crippen molar-refractivity contribution >= 4 is 5.91 Å². The third-order valence-corrected chi connectivity index (χ3v) is 5.42. The number of amides is 1. The van der Waals surface area contributed by atoms with E-state index in [2.05, 4.69) is 35.5 Å². The van der Waals surface area contributed by atoms with E-state index in [4.69, 9.17) is 4.74 Å². The summed E-state index contributed by atoms with van der Waals surface area (Å²) in [5.41, 5.74) is 0. The van der Waals surface area contributed by atoms with E-state index < -0.39 is 0 Å².